The van der Waals surface area contributed by atoms with E-state index < -0.39 is 11.7 Å². The van der Waals surface area contributed by atoms with Crippen LogP contribution in [0.1, 0.15) is 45.5 Å². The Morgan fingerprint density at radius 1 is 1.04 bits per heavy atom. The van der Waals surface area contributed by atoms with Gasteiger partial charge in [-0.25, -0.2) is 0 Å². The minimum absolute atomic E-state index is 0.0759. The fourth-order valence-corrected chi connectivity index (χ4v) is 3.27. The van der Waals surface area contributed by atoms with Gasteiger partial charge in [-0.05, 0) is 48.7 Å². The Morgan fingerprint density at radius 3 is 2.48 bits per heavy atom. The number of fused-ring (bicyclic) bond motifs is 2. The van der Waals surface area contributed by atoms with Crippen molar-refractivity contribution in [1.82, 2.24) is 0 Å². The molecule has 0 radical (unpaired) electrons. The summed E-state index contributed by atoms with van der Waals surface area (Å²) < 4.78 is 0. The number of hydrogen-bond acceptors (Lipinski definition) is 4. The largest absolute Gasteiger partial charge is 0.507 e. The third kappa shape index (κ3) is 2.76. The lowest BCUT2D eigenvalue weighted by molar-refractivity contribution is -0.115. The van der Waals surface area contributed by atoms with Gasteiger partial charge in [0, 0.05) is 0 Å². The van der Waals surface area contributed by atoms with Crippen LogP contribution in [0.25, 0.3) is 0 Å². The molecule has 1 atom stereocenters. The van der Waals surface area contributed by atoms with Gasteiger partial charge in [0.15, 0.2) is 5.78 Å². The van der Waals surface area contributed by atoms with Crippen LogP contribution in [0, 0.1) is 6.92 Å². The van der Waals surface area contributed by atoms with E-state index in [0.717, 1.165) is 5.56 Å². The number of carbonyl (C=O) groups excluding carboxylic acids is 2. The first kappa shape index (κ1) is 16.7. The number of hydrogen-bond donors (Lipinski definition) is 2. The van der Waals surface area contributed by atoms with Crippen LogP contribution in [0.2, 0.25) is 0 Å². The molecular formula is C21H18O4. The van der Waals surface area contributed by atoms with Gasteiger partial charge < -0.3 is 10.2 Å². The van der Waals surface area contributed by atoms with E-state index >= 15 is 0 Å². The molecule has 3 rings (SSSR count). The molecule has 2 N–H and O–H groups in total. The van der Waals surface area contributed by atoms with Crippen LogP contribution in [0.15, 0.2) is 54.6 Å². The Balaban J connectivity index is 2.29. The zero-order chi connectivity index (χ0) is 18.1. The first-order valence-electron chi connectivity index (χ1n) is 7.99. The van der Waals surface area contributed by atoms with Crippen LogP contribution >= 0.6 is 0 Å². The topological polar surface area (TPSA) is 74.6 Å². The second-order valence-electron chi connectivity index (χ2n) is 6.04. The number of aryl methyl sites for hydroxylation is 1. The van der Waals surface area contributed by atoms with Crippen LogP contribution in [-0.4, -0.2) is 21.8 Å². The summed E-state index contributed by atoms with van der Waals surface area (Å²) in [4.78, 5) is 25.7. The standard InChI is InChI=1S/C21H18O4/c1-3-4-5-8-15(22)18-13-7-6-9-16(23)19(13)21(25)20-14(18)10-12(2)11-17(20)24/h3-11,18,23-24H,1-2H3/b4-3-,8-5-/t18-/m1/s1. The van der Waals surface area contributed by atoms with Gasteiger partial charge in [0.1, 0.15) is 11.5 Å². The number of ketones is 2. The molecule has 0 bridgehead atoms. The molecule has 126 valence electrons. The van der Waals surface area contributed by atoms with Crippen LogP contribution in [0.3, 0.4) is 0 Å². The molecule has 0 aromatic heterocycles. The second kappa shape index (κ2) is 6.40. The van der Waals surface area contributed by atoms with Crippen molar-refractivity contribution in [2.24, 2.45) is 0 Å². The van der Waals surface area contributed by atoms with E-state index in [-0.39, 0.29) is 28.4 Å². The maximum Gasteiger partial charge on any atom is 0.201 e. The molecule has 2 aromatic rings. The molecule has 4 heteroatoms. The number of rotatable bonds is 3. The molecule has 0 amide bonds. The normalized spacial score (nSPS) is 16.2. The van der Waals surface area contributed by atoms with Gasteiger partial charge in [0.25, 0.3) is 0 Å². The van der Waals surface area contributed by atoms with Gasteiger partial charge in [-0.3, -0.25) is 9.59 Å². The Bertz CT molecular complexity index is 935. The number of phenols is 2. The molecule has 2 aromatic carbocycles. The Kier molecular flexibility index (Phi) is 4.28. The second-order valence-corrected chi connectivity index (χ2v) is 6.04. The van der Waals surface area contributed by atoms with Crippen LogP contribution < -0.4 is 0 Å². The Hall–Kier alpha value is -3.14. The number of allylic oxidation sites excluding steroid dienone is 4. The third-order valence-electron chi connectivity index (χ3n) is 4.29. The van der Waals surface area contributed by atoms with Crippen molar-refractivity contribution >= 4 is 11.6 Å². The van der Waals surface area contributed by atoms with E-state index in [0.29, 0.717) is 11.1 Å². The van der Waals surface area contributed by atoms with Gasteiger partial charge in [-0.1, -0.05) is 36.4 Å². The van der Waals surface area contributed by atoms with Crippen molar-refractivity contribution in [2.75, 3.05) is 0 Å². The summed E-state index contributed by atoms with van der Waals surface area (Å²) in [5, 5.41) is 20.5. The van der Waals surface area contributed by atoms with E-state index in [1.54, 1.807) is 43.4 Å². The Morgan fingerprint density at radius 2 is 1.76 bits per heavy atom. The Labute approximate surface area is 145 Å². The average molecular weight is 334 g/mol. The fraction of sp³-hybridized carbons (Fsp3) is 0.143. The highest BCUT2D eigenvalue weighted by atomic mass is 16.3. The average Bonchev–Trinajstić information content (AvgIpc) is 2.54. The molecule has 0 saturated carbocycles. The zero-order valence-electron chi connectivity index (χ0n) is 14.0. The van der Waals surface area contributed by atoms with Crippen LogP contribution in [0.4, 0.5) is 0 Å². The number of phenolic OH excluding ortho intramolecular Hbond substituents is 2. The van der Waals surface area contributed by atoms with E-state index in [9.17, 15) is 19.8 Å². The zero-order valence-corrected chi connectivity index (χ0v) is 14.0. The van der Waals surface area contributed by atoms with Crippen LogP contribution in [0.5, 0.6) is 11.5 Å². The van der Waals surface area contributed by atoms with Gasteiger partial charge in [-0.15, -0.1) is 0 Å². The first-order chi connectivity index (χ1) is 12.0. The molecule has 0 saturated heterocycles. The predicted molar refractivity (Wildman–Crippen MR) is 95.2 cm³/mol. The molecule has 0 spiro atoms. The molecule has 0 heterocycles. The summed E-state index contributed by atoms with van der Waals surface area (Å²) in [7, 11) is 0. The molecule has 0 unspecified atom stereocenters. The summed E-state index contributed by atoms with van der Waals surface area (Å²) in [5.41, 5.74) is 1.83. The molecule has 0 aliphatic heterocycles. The molecule has 0 fully saturated rings. The van der Waals surface area contributed by atoms with Crippen molar-refractivity contribution in [3.05, 3.63) is 82.5 Å². The monoisotopic (exact) mass is 334 g/mol. The molecular weight excluding hydrogens is 316 g/mol. The van der Waals surface area contributed by atoms with E-state index in [1.165, 1.54) is 18.2 Å². The van der Waals surface area contributed by atoms with Crippen molar-refractivity contribution < 1.29 is 19.8 Å². The number of aromatic hydroxyl groups is 2. The lowest BCUT2D eigenvalue weighted by atomic mass is 9.74. The predicted octanol–water partition coefficient (Wildman–Crippen LogP) is 3.78. The van der Waals surface area contributed by atoms with Gasteiger partial charge in [0.05, 0.1) is 17.0 Å². The number of benzene rings is 2. The molecule has 1 aliphatic carbocycles. The summed E-state index contributed by atoms with van der Waals surface area (Å²) in [6.45, 7) is 3.64. The highest BCUT2D eigenvalue weighted by Gasteiger charge is 2.37. The van der Waals surface area contributed by atoms with Crippen molar-refractivity contribution in [1.29, 1.82) is 0 Å². The van der Waals surface area contributed by atoms with Crippen LogP contribution in [-0.2, 0) is 4.79 Å². The molecule has 1 aliphatic rings. The minimum Gasteiger partial charge on any atom is -0.507 e. The van der Waals surface area contributed by atoms with Crippen molar-refractivity contribution in [2.45, 2.75) is 19.8 Å². The quantitative estimate of drug-likeness (QED) is 0.661. The van der Waals surface area contributed by atoms with Crippen molar-refractivity contribution in [3.63, 3.8) is 0 Å². The lowest BCUT2D eigenvalue weighted by Crippen LogP contribution is -2.24. The van der Waals surface area contributed by atoms with E-state index in [4.69, 9.17) is 0 Å². The third-order valence-corrected chi connectivity index (χ3v) is 4.29. The minimum atomic E-state index is -0.748. The van der Waals surface area contributed by atoms with E-state index in [2.05, 4.69) is 0 Å². The summed E-state index contributed by atoms with van der Waals surface area (Å²) in [6.07, 6.45) is 6.62. The highest BCUT2D eigenvalue weighted by Crippen LogP contribution is 2.43. The maximum absolute atomic E-state index is 12.8. The highest BCUT2D eigenvalue weighted by molar-refractivity contribution is 6.18. The molecule has 4 nitrogen and oxygen atoms in total. The molecule has 25 heavy (non-hydrogen) atoms. The summed E-state index contributed by atoms with van der Waals surface area (Å²) >= 11 is 0. The van der Waals surface area contributed by atoms with Gasteiger partial charge in [-0.2, -0.15) is 0 Å². The SMILES string of the molecule is C/C=C\C=C/C(=O)[C@@H]1c2cccc(O)c2C(=O)c2c(O)cc(C)cc21. The summed E-state index contributed by atoms with van der Waals surface area (Å²) in [6, 6.07) is 7.91. The smallest absolute Gasteiger partial charge is 0.201 e. The summed E-state index contributed by atoms with van der Waals surface area (Å²) in [5.74, 6) is -1.81. The van der Waals surface area contributed by atoms with Crippen molar-refractivity contribution in [3.8, 4) is 11.5 Å². The number of carbonyl (C=O) groups is 2. The maximum atomic E-state index is 12.8. The lowest BCUT2D eigenvalue weighted by Gasteiger charge is -2.27. The fourth-order valence-electron chi connectivity index (χ4n) is 3.27. The van der Waals surface area contributed by atoms with Gasteiger partial charge >= 0.3 is 0 Å². The first-order valence-corrected chi connectivity index (χ1v) is 7.99. The van der Waals surface area contributed by atoms with E-state index in [1.807, 2.05) is 6.92 Å². The van der Waals surface area contributed by atoms with Gasteiger partial charge in [0.2, 0.25) is 5.78 Å².